The molecular formula is C21H22N2O4. The molecule has 0 fully saturated rings. The highest BCUT2D eigenvalue weighted by Gasteiger charge is 2.43. The van der Waals surface area contributed by atoms with Gasteiger partial charge in [-0.25, -0.2) is 0 Å². The average Bonchev–Trinajstić information content (AvgIpc) is 2.65. The summed E-state index contributed by atoms with van der Waals surface area (Å²) in [6.45, 7) is 4.99. The van der Waals surface area contributed by atoms with Crippen LogP contribution in [-0.4, -0.2) is 22.6 Å². The quantitative estimate of drug-likeness (QED) is 0.791. The second-order valence-electron chi connectivity index (χ2n) is 7.13. The highest BCUT2D eigenvalue weighted by Crippen LogP contribution is 2.40. The van der Waals surface area contributed by atoms with Crippen LogP contribution in [-0.2, 0) is 9.63 Å². The van der Waals surface area contributed by atoms with E-state index in [1.807, 2.05) is 18.2 Å². The van der Waals surface area contributed by atoms with Crippen molar-refractivity contribution < 1.29 is 19.5 Å². The number of carbonyl (C=O) groups excluding carboxylic acids is 1. The molecule has 3 rings (SSSR count). The lowest BCUT2D eigenvalue weighted by atomic mass is 9.86. The predicted molar refractivity (Wildman–Crippen MR) is 98.7 cm³/mol. The number of carbonyl (C=O) groups is 1. The zero-order valence-corrected chi connectivity index (χ0v) is 15.5. The minimum absolute atomic E-state index is 0.166. The fourth-order valence-corrected chi connectivity index (χ4v) is 3.15. The van der Waals surface area contributed by atoms with E-state index >= 15 is 0 Å². The van der Waals surface area contributed by atoms with E-state index in [9.17, 15) is 15.2 Å². The SMILES string of the molecule is CC(=O)C(ONC1c2cc(C#N)ccc2OC(C)(C)C1O)c1ccccc1. The van der Waals surface area contributed by atoms with Gasteiger partial charge in [0.15, 0.2) is 11.9 Å². The Morgan fingerprint density at radius 2 is 2.00 bits per heavy atom. The highest BCUT2D eigenvalue weighted by atomic mass is 16.7. The van der Waals surface area contributed by atoms with Crippen molar-refractivity contribution in [2.45, 2.75) is 44.6 Å². The van der Waals surface area contributed by atoms with Gasteiger partial charge in [-0.05, 0) is 44.5 Å². The molecule has 1 heterocycles. The van der Waals surface area contributed by atoms with Crippen LogP contribution < -0.4 is 10.2 Å². The van der Waals surface area contributed by atoms with Crippen LogP contribution in [0.25, 0.3) is 0 Å². The van der Waals surface area contributed by atoms with Crippen LogP contribution in [0, 0.1) is 11.3 Å². The number of nitriles is 1. The number of fused-ring (bicyclic) bond motifs is 1. The molecule has 1 aliphatic heterocycles. The van der Waals surface area contributed by atoms with Crippen LogP contribution in [0.4, 0.5) is 0 Å². The highest BCUT2D eigenvalue weighted by molar-refractivity contribution is 5.81. The van der Waals surface area contributed by atoms with Gasteiger partial charge in [-0.2, -0.15) is 10.7 Å². The third kappa shape index (κ3) is 3.86. The van der Waals surface area contributed by atoms with E-state index < -0.39 is 23.9 Å². The zero-order chi connectivity index (χ0) is 19.6. The first-order chi connectivity index (χ1) is 12.8. The van der Waals surface area contributed by atoms with Crippen LogP contribution in [0.3, 0.4) is 0 Å². The summed E-state index contributed by atoms with van der Waals surface area (Å²) in [7, 11) is 0. The molecule has 0 amide bonds. The maximum Gasteiger partial charge on any atom is 0.165 e. The molecule has 0 saturated heterocycles. The van der Waals surface area contributed by atoms with E-state index in [4.69, 9.17) is 9.57 Å². The van der Waals surface area contributed by atoms with E-state index in [0.29, 0.717) is 22.4 Å². The van der Waals surface area contributed by atoms with Gasteiger partial charge in [-0.3, -0.25) is 9.63 Å². The molecule has 2 aromatic carbocycles. The van der Waals surface area contributed by atoms with Gasteiger partial charge in [0.1, 0.15) is 17.5 Å². The van der Waals surface area contributed by atoms with Gasteiger partial charge in [-0.15, -0.1) is 0 Å². The Hall–Kier alpha value is -2.72. The fraction of sp³-hybridized carbons (Fsp3) is 0.333. The first kappa shape index (κ1) is 19.1. The van der Waals surface area contributed by atoms with E-state index in [1.54, 1.807) is 44.2 Å². The van der Waals surface area contributed by atoms with Crippen LogP contribution in [0.5, 0.6) is 5.75 Å². The van der Waals surface area contributed by atoms with Gasteiger partial charge < -0.3 is 9.84 Å². The van der Waals surface area contributed by atoms with Gasteiger partial charge in [0.2, 0.25) is 0 Å². The van der Waals surface area contributed by atoms with Gasteiger partial charge in [0.25, 0.3) is 0 Å². The van der Waals surface area contributed by atoms with Crippen molar-refractivity contribution >= 4 is 5.78 Å². The molecule has 0 radical (unpaired) electrons. The Bertz CT molecular complexity index is 873. The standard InChI is InChI=1S/C21H22N2O4/c1-13(24)19(15-7-5-4-6-8-15)27-23-18-16-11-14(12-22)9-10-17(16)26-21(2,3)20(18)25/h4-11,18-20,23,25H,1-3H3. The number of hydrogen-bond donors (Lipinski definition) is 2. The molecule has 2 N–H and O–H groups in total. The molecule has 2 aromatic rings. The summed E-state index contributed by atoms with van der Waals surface area (Å²) in [5, 5.41) is 20.0. The van der Waals surface area contributed by atoms with Gasteiger partial charge in [-0.1, -0.05) is 30.3 Å². The van der Waals surface area contributed by atoms with Crippen molar-refractivity contribution in [3.63, 3.8) is 0 Å². The maximum absolute atomic E-state index is 12.1. The van der Waals surface area contributed by atoms with Crippen molar-refractivity contribution in [2.24, 2.45) is 0 Å². The zero-order valence-electron chi connectivity index (χ0n) is 15.5. The van der Waals surface area contributed by atoms with E-state index in [2.05, 4.69) is 11.5 Å². The number of Topliss-reactive ketones (excluding diaryl/α,β-unsaturated/α-hetero) is 1. The van der Waals surface area contributed by atoms with Crippen LogP contribution in [0.2, 0.25) is 0 Å². The first-order valence-electron chi connectivity index (χ1n) is 8.71. The molecule has 3 atom stereocenters. The van der Waals surface area contributed by atoms with Crippen LogP contribution >= 0.6 is 0 Å². The molecule has 27 heavy (non-hydrogen) atoms. The number of aliphatic hydroxyl groups is 1. The number of hydrogen-bond acceptors (Lipinski definition) is 6. The number of aliphatic hydroxyl groups excluding tert-OH is 1. The molecule has 6 nitrogen and oxygen atoms in total. The lowest BCUT2D eigenvalue weighted by Crippen LogP contribution is -2.52. The maximum atomic E-state index is 12.1. The number of nitrogens with zero attached hydrogens (tertiary/aromatic N) is 1. The van der Waals surface area contributed by atoms with Crippen molar-refractivity contribution in [2.75, 3.05) is 0 Å². The number of nitrogens with one attached hydrogen (secondary N) is 1. The Morgan fingerprint density at radius 1 is 1.30 bits per heavy atom. The van der Waals surface area contributed by atoms with Crippen molar-refractivity contribution in [1.29, 1.82) is 5.26 Å². The minimum Gasteiger partial charge on any atom is -0.485 e. The summed E-state index contributed by atoms with van der Waals surface area (Å²) in [4.78, 5) is 17.8. The van der Waals surface area contributed by atoms with E-state index in [1.165, 1.54) is 6.92 Å². The largest absolute Gasteiger partial charge is 0.485 e. The lowest BCUT2D eigenvalue weighted by Gasteiger charge is -2.42. The molecule has 140 valence electrons. The van der Waals surface area contributed by atoms with Gasteiger partial charge >= 0.3 is 0 Å². The Labute approximate surface area is 158 Å². The molecule has 0 bridgehead atoms. The second kappa shape index (κ2) is 7.49. The third-order valence-electron chi connectivity index (χ3n) is 4.66. The minimum atomic E-state index is -0.956. The predicted octanol–water partition coefficient (Wildman–Crippen LogP) is 2.98. The molecule has 0 aromatic heterocycles. The molecule has 3 unspecified atom stereocenters. The normalized spacial score (nSPS) is 21.4. The first-order valence-corrected chi connectivity index (χ1v) is 8.71. The number of hydroxylamine groups is 1. The Kier molecular flexibility index (Phi) is 5.29. The number of rotatable bonds is 5. The number of benzene rings is 2. The van der Waals surface area contributed by atoms with Gasteiger partial charge in [0, 0.05) is 5.56 Å². The summed E-state index contributed by atoms with van der Waals surface area (Å²) >= 11 is 0. The number of ketones is 1. The molecule has 0 spiro atoms. The van der Waals surface area contributed by atoms with Gasteiger partial charge in [0.05, 0.1) is 17.7 Å². The Morgan fingerprint density at radius 3 is 2.63 bits per heavy atom. The van der Waals surface area contributed by atoms with Crippen molar-refractivity contribution in [1.82, 2.24) is 5.48 Å². The topological polar surface area (TPSA) is 91.6 Å². The van der Waals surface area contributed by atoms with E-state index in [-0.39, 0.29) is 5.78 Å². The summed E-state index contributed by atoms with van der Waals surface area (Å²) in [6, 6.07) is 15.6. The third-order valence-corrected chi connectivity index (χ3v) is 4.66. The van der Waals surface area contributed by atoms with E-state index in [0.717, 1.165) is 0 Å². The monoisotopic (exact) mass is 366 g/mol. The Balaban J connectivity index is 1.91. The molecule has 0 aliphatic carbocycles. The van der Waals surface area contributed by atoms with Crippen molar-refractivity contribution in [3.05, 3.63) is 65.2 Å². The fourth-order valence-electron chi connectivity index (χ4n) is 3.15. The summed E-state index contributed by atoms with van der Waals surface area (Å²) < 4.78 is 5.88. The van der Waals surface area contributed by atoms with Crippen LogP contribution in [0.1, 0.15) is 49.6 Å². The summed E-state index contributed by atoms with van der Waals surface area (Å²) in [5.41, 5.74) is 3.75. The summed E-state index contributed by atoms with van der Waals surface area (Å²) in [5.74, 6) is 0.394. The number of ether oxygens (including phenoxy) is 1. The van der Waals surface area contributed by atoms with Crippen LogP contribution in [0.15, 0.2) is 48.5 Å². The smallest absolute Gasteiger partial charge is 0.165 e. The van der Waals surface area contributed by atoms with Crippen molar-refractivity contribution in [3.8, 4) is 11.8 Å². The lowest BCUT2D eigenvalue weighted by molar-refractivity contribution is -0.147. The average molecular weight is 366 g/mol. The second-order valence-corrected chi connectivity index (χ2v) is 7.13. The molecule has 0 saturated carbocycles. The molecular weight excluding hydrogens is 344 g/mol. The molecule has 6 heteroatoms. The summed E-state index contributed by atoms with van der Waals surface area (Å²) in [6.07, 6.45) is -1.77. The molecule has 1 aliphatic rings.